The third-order valence-corrected chi connectivity index (χ3v) is 3.20. The fraction of sp³-hybridized carbons (Fsp3) is 0.462. The number of aromatic nitrogens is 2. The SMILES string of the molecule is C=CCCC(=O)N1CCc2nnc(N(C)N)cc2C1. The number of hydrogen-bond donors (Lipinski definition) is 1. The van der Waals surface area contributed by atoms with Crippen molar-refractivity contribution in [1.82, 2.24) is 15.1 Å². The molecule has 0 saturated heterocycles. The molecule has 1 aromatic heterocycles. The molecule has 0 spiro atoms. The topological polar surface area (TPSA) is 75.4 Å². The second-order valence-corrected chi connectivity index (χ2v) is 4.68. The summed E-state index contributed by atoms with van der Waals surface area (Å²) in [5.74, 6) is 6.41. The maximum absolute atomic E-state index is 12.0. The molecule has 1 aliphatic heterocycles. The molecular weight excluding hydrogens is 242 g/mol. The van der Waals surface area contributed by atoms with E-state index in [2.05, 4.69) is 16.8 Å². The summed E-state index contributed by atoms with van der Waals surface area (Å²) >= 11 is 0. The van der Waals surface area contributed by atoms with Gasteiger partial charge in [-0.2, -0.15) is 5.10 Å². The fourth-order valence-corrected chi connectivity index (χ4v) is 2.09. The standard InChI is InChI=1S/C13H19N5O/c1-3-4-5-13(19)18-7-6-11-10(9-18)8-12(16-15-11)17(2)14/h3,8H,1,4-7,9,14H2,2H3. The minimum absolute atomic E-state index is 0.157. The van der Waals surface area contributed by atoms with Gasteiger partial charge in [0.05, 0.1) is 5.69 Å². The van der Waals surface area contributed by atoms with E-state index < -0.39 is 0 Å². The van der Waals surface area contributed by atoms with Crippen molar-refractivity contribution >= 4 is 11.7 Å². The number of carbonyl (C=O) groups excluding carboxylic acids is 1. The zero-order valence-corrected chi connectivity index (χ0v) is 11.2. The van der Waals surface area contributed by atoms with Crippen LogP contribution in [0.3, 0.4) is 0 Å². The number of hydrogen-bond acceptors (Lipinski definition) is 5. The fourth-order valence-electron chi connectivity index (χ4n) is 2.09. The van der Waals surface area contributed by atoms with Crippen LogP contribution in [0.25, 0.3) is 0 Å². The third kappa shape index (κ3) is 3.08. The van der Waals surface area contributed by atoms with Crippen LogP contribution in [0.5, 0.6) is 0 Å². The van der Waals surface area contributed by atoms with E-state index in [1.54, 1.807) is 13.1 Å². The van der Waals surface area contributed by atoms with Crippen LogP contribution in [0.4, 0.5) is 5.82 Å². The molecule has 1 aromatic rings. The molecule has 2 rings (SSSR count). The number of rotatable bonds is 4. The highest BCUT2D eigenvalue weighted by Gasteiger charge is 2.22. The van der Waals surface area contributed by atoms with Gasteiger partial charge < -0.3 is 4.90 Å². The Kier molecular flexibility index (Phi) is 4.11. The van der Waals surface area contributed by atoms with E-state index in [4.69, 9.17) is 5.84 Å². The zero-order chi connectivity index (χ0) is 13.8. The van der Waals surface area contributed by atoms with E-state index in [-0.39, 0.29) is 5.91 Å². The first-order chi connectivity index (χ1) is 9.11. The Morgan fingerprint density at radius 2 is 2.42 bits per heavy atom. The molecule has 102 valence electrons. The Labute approximate surface area is 112 Å². The van der Waals surface area contributed by atoms with Gasteiger partial charge in [0.2, 0.25) is 5.91 Å². The third-order valence-electron chi connectivity index (χ3n) is 3.20. The van der Waals surface area contributed by atoms with Crippen LogP contribution in [0, 0.1) is 0 Å². The predicted octanol–water partition coefficient (Wildman–Crippen LogP) is 0.637. The van der Waals surface area contributed by atoms with Crippen molar-refractivity contribution in [3.8, 4) is 0 Å². The molecule has 0 unspecified atom stereocenters. The van der Waals surface area contributed by atoms with Crippen molar-refractivity contribution in [3.05, 3.63) is 30.0 Å². The molecule has 0 bridgehead atoms. The number of nitrogens with zero attached hydrogens (tertiary/aromatic N) is 4. The van der Waals surface area contributed by atoms with Crippen molar-refractivity contribution in [1.29, 1.82) is 0 Å². The normalized spacial score (nSPS) is 13.9. The largest absolute Gasteiger partial charge is 0.338 e. The van der Waals surface area contributed by atoms with E-state index >= 15 is 0 Å². The van der Waals surface area contributed by atoms with Gasteiger partial charge in [-0.15, -0.1) is 11.7 Å². The van der Waals surface area contributed by atoms with E-state index in [1.165, 1.54) is 5.01 Å². The molecule has 6 heteroatoms. The smallest absolute Gasteiger partial charge is 0.223 e. The molecule has 0 fully saturated rings. The molecule has 2 N–H and O–H groups in total. The van der Waals surface area contributed by atoms with Gasteiger partial charge in [-0.25, -0.2) is 5.84 Å². The number of nitrogens with two attached hydrogens (primary N) is 1. The van der Waals surface area contributed by atoms with E-state index in [0.717, 1.165) is 17.7 Å². The van der Waals surface area contributed by atoms with Crippen LogP contribution >= 0.6 is 0 Å². The predicted molar refractivity (Wildman–Crippen MR) is 73.2 cm³/mol. The van der Waals surface area contributed by atoms with Gasteiger partial charge in [0.25, 0.3) is 0 Å². The Balaban J connectivity index is 2.11. The minimum Gasteiger partial charge on any atom is -0.338 e. The highest BCUT2D eigenvalue weighted by atomic mass is 16.2. The average Bonchev–Trinajstić information content (AvgIpc) is 2.43. The highest BCUT2D eigenvalue weighted by molar-refractivity contribution is 5.76. The van der Waals surface area contributed by atoms with Crippen LogP contribution in [0.15, 0.2) is 18.7 Å². The van der Waals surface area contributed by atoms with Crippen molar-refractivity contribution < 1.29 is 4.79 Å². The first-order valence-corrected chi connectivity index (χ1v) is 6.34. The van der Waals surface area contributed by atoms with Crippen molar-refractivity contribution in [2.45, 2.75) is 25.8 Å². The molecule has 2 heterocycles. The van der Waals surface area contributed by atoms with Gasteiger partial charge in [-0.05, 0) is 18.1 Å². The molecule has 1 aliphatic rings. The second-order valence-electron chi connectivity index (χ2n) is 4.68. The number of anilines is 1. The number of amides is 1. The average molecular weight is 261 g/mol. The first kappa shape index (κ1) is 13.5. The van der Waals surface area contributed by atoms with Gasteiger partial charge in [-0.3, -0.25) is 9.80 Å². The molecule has 1 amide bonds. The molecule has 19 heavy (non-hydrogen) atoms. The lowest BCUT2D eigenvalue weighted by molar-refractivity contribution is -0.132. The van der Waals surface area contributed by atoms with Crippen LogP contribution in [-0.4, -0.2) is 34.6 Å². The zero-order valence-electron chi connectivity index (χ0n) is 11.2. The number of hydrazine groups is 1. The number of allylic oxidation sites excluding steroid dienone is 1. The van der Waals surface area contributed by atoms with Crippen LogP contribution in [-0.2, 0) is 17.8 Å². The summed E-state index contributed by atoms with van der Waals surface area (Å²) in [5, 5.41) is 9.64. The summed E-state index contributed by atoms with van der Waals surface area (Å²) in [6, 6.07) is 1.90. The maximum atomic E-state index is 12.0. The lowest BCUT2D eigenvalue weighted by atomic mass is 10.1. The van der Waals surface area contributed by atoms with Crippen molar-refractivity contribution in [2.24, 2.45) is 5.84 Å². The molecule has 0 atom stereocenters. The van der Waals surface area contributed by atoms with Crippen LogP contribution < -0.4 is 10.9 Å². The van der Waals surface area contributed by atoms with Crippen LogP contribution in [0.1, 0.15) is 24.1 Å². The lowest BCUT2D eigenvalue weighted by Gasteiger charge is -2.28. The molecule has 0 aliphatic carbocycles. The van der Waals surface area contributed by atoms with E-state index in [0.29, 0.717) is 31.7 Å². The highest BCUT2D eigenvalue weighted by Crippen LogP contribution is 2.20. The molecule has 0 saturated carbocycles. The van der Waals surface area contributed by atoms with E-state index in [1.807, 2.05) is 11.0 Å². The molecule has 6 nitrogen and oxygen atoms in total. The summed E-state index contributed by atoms with van der Waals surface area (Å²) < 4.78 is 0. The summed E-state index contributed by atoms with van der Waals surface area (Å²) in [5.41, 5.74) is 1.99. The lowest BCUT2D eigenvalue weighted by Crippen LogP contribution is -2.37. The van der Waals surface area contributed by atoms with Gasteiger partial charge in [0.15, 0.2) is 5.82 Å². The summed E-state index contributed by atoms with van der Waals surface area (Å²) in [4.78, 5) is 13.8. The molecule has 0 radical (unpaired) electrons. The Hall–Kier alpha value is -1.95. The van der Waals surface area contributed by atoms with Crippen molar-refractivity contribution in [3.63, 3.8) is 0 Å². The maximum Gasteiger partial charge on any atom is 0.223 e. The van der Waals surface area contributed by atoms with Gasteiger partial charge in [0, 0.05) is 33.0 Å². The number of carbonyl (C=O) groups is 1. The Morgan fingerprint density at radius 1 is 1.63 bits per heavy atom. The summed E-state index contributed by atoms with van der Waals surface area (Å²) in [6.07, 6.45) is 3.74. The van der Waals surface area contributed by atoms with Crippen LogP contribution in [0.2, 0.25) is 0 Å². The summed E-state index contributed by atoms with van der Waals surface area (Å²) in [7, 11) is 1.71. The Bertz CT molecular complexity index is 486. The quantitative estimate of drug-likeness (QED) is 0.489. The van der Waals surface area contributed by atoms with Gasteiger partial charge >= 0.3 is 0 Å². The minimum atomic E-state index is 0.157. The first-order valence-electron chi connectivity index (χ1n) is 6.34. The summed E-state index contributed by atoms with van der Waals surface area (Å²) in [6.45, 7) is 4.93. The molecular formula is C13H19N5O. The second kappa shape index (κ2) is 5.79. The number of fused-ring (bicyclic) bond motifs is 1. The van der Waals surface area contributed by atoms with Crippen molar-refractivity contribution in [2.75, 3.05) is 18.6 Å². The van der Waals surface area contributed by atoms with Gasteiger partial charge in [0.1, 0.15) is 0 Å². The molecule has 0 aromatic carbocycles. The van der Waals surface area contributed by atoms with E-state index in [9.17, 15) is 4.79 Å². The monoisotopic (exact) mass is 261 g/mol. The Morgan fingerprint density at radius 3 is 3.11 bits per heavy atom. The van der Waals surface area contributed by atoms with Gasteiger partial charge in [-0.1, -0.05) is 6.08 Å².